The van der Waals surface area contributed by atoms with E-state index in [4.69, 9.17) is 9.47 Å². The van der Waals surface area contributed by atoms with Gasteiger partial charge in [-0.1, -0.05) is 286 Å². The van der Waals surface area contributed by atoms with Crippen LogP contribution in [-0.2, 0) is 14.3 Å². The maximum absolute atomic E-state index is 13.1. The van der Waals surface area contributed by atoms with Crippen molar-refractivity contribution in [3.63, 3.8) is 0 Å². The number of ether oxygens (including phenoxy) is 2. The third-order valence-electron chi connectivity index (χ3n) is 15.5. The van der Waals surface area contributed by atoms with Crippen molar-refractivity contribution in [2.24, 2.45) is 0 Å². The van der Waals surface area contributed by atoms with Crippen LogP contribution in [0.4, 0.5) is 0 Å². The Hall–Kier alpha value is -2.11. The highest BCUT2D eigenvalue weighted by Crippen LogP contribution is 2.23. The average molecular weight is 1080 g/mol. The molecule has 1 rings (SSSR count). The number of carbonyl (C=O) groups excluding carboxylic acids is 1. The Labute approximate surface area is 475 Å². The lowest BCUT2D eigenvalue weighted by Crippen LogP contribution is -2.60. The second-order valence-electron chi connectivity index (χ2n) is 22.9. The maximum atomic E-state index is 13.1. The number of aliphatic hydroxyl groups is 5. The first-order chi connectivity index (χ1) is 37.8. The van der Waals surface area contributed by atoms with Crippen molar-refractivity contribution in [2.45, 2.75) is 352 Å². The van der Waals surface area contributed by atoms with Crippen LogP contribution in [0, 0.1) is 0 Å². The molecule has 1 heterocycles. The largest absolute Gasteiger partial charge is 0.394 e. The number of amides is 1. The van der Waals surface area contributed by atoms with Gasteiger partial charge in [0.1, 0.15) is 24.4 Å². The monoisotopic (exact) mass is 1080 g/mol. The molecule has 1 aliphatic heterocycles. The van der Waals surface area contributed by atoms with Crippen LogP contribution in [0.3, 0.4) is 0 Å². The summed E-state index contributed by atoms with van der Waals surface area (Å²) in [6, 6.07) is -0.830. The van der Waals surface area contributed by atoms with E-state index in [1.165, 1.54) is 238 Å². The highest BCUT2D eigenvalue weighted by molar-refractivity contribution is 5.76. The number of rotatable bonds is 57. The molecule has 6 N–H and O–H groups in total. The van der Waals surface area contributed by atoms with E-state index in [9.17, 15) is 30.3 Å². The molecule has 9 heteroatoms. The minimum atomic E-state index is -1.58. The zero-order valence-corrected chi connectivity index (χ0v) is 50.2. The van der Waals surface area contributed by atoms with Gasteiger partial charge < -0.3 is 40.3 Å². The summed E-state index contributed by atoms with van der Waals surface area (Å²) >= 11 is 0. The molecule has 0 aromatic heterocycles. The fraction of sp³-hybridized carbons (Fsp3) is 0.838. The molecule has 0 aromatic carbocycles. The van der Waals surface area contributed by atoms with Crippen molar-refractivity contribution >= 4 is 5.91 Å². The van der Waals surface area contributed by atoms with Gasteiger partial charge in [0, 0.05) is 6.42 Å². The molecular formula is C68H125NO8. The van der Waals surface area contributed by atoms with Crippen molar-refractivity contribution in [3.8, 4) is 0 Å². The van der Waals surface area contributed by atoms with Crippen LogP contribution in [0.15, 0.2) is 60.8 Å². The second-order valence-corrected chi connectivity index (χ2v) is 22.9. The summed E-state index contributed by atoms with van der Waals surface area (Å²) in [6.45, 7) is 3.78. The normalized spacial score (nSPS) is 19.1. The molecule has 0 aliphatic carbocycles. The smallest absolute Gasteiger partial charge is 0.220 e. The second kappa shape index (κ2) is 57.1. The minimum absolute atomic E-state index is 0.187. The molecule has 1 saturated heterocycles. The van der Waals surface area contributed by atoms with Crippen LogP contribution >= 0.6 is 0 Å². The highest BCUT2D eigenvalue weighted by atomic mass is 16.7. The Bertz CT molecular complexity index is 1400. The summed E-state index contributed by atoms with van der Waals surface area (Å²) in [6.07, 6.45) is 71.7. The lowest BCUT2D eigenvalue weighted by atomic mass is 9.99. The van der Waals surface area contributed by atoms with Crippen LogP contribution < -0.4 is 5.32 Å². The van der Waals surface area contributed by atoms with Crippen molar-refractivity contribution in [3.05, 3.63) is 60.8 Å². The molecule has 0 saturated carbocycles. The molecule has 1 amide bonds. The fourth-order valence-corrected chi connectivity index (χ4v) is 10.3. The SMILES string of the molecule is CCCCCCC/C=C\C/C=C\CCCCCCCCCCCCCCCCCCCCCC(=O)NC(COC1OC(CO)C(O)C(O)C1O)C(O)/C=C/CC/C=C/CC/C=C/CCCCCCCCCCCCCCC. The van der Waals surface area contributed by atoms with Crippen molar-refractivity contribution in [1.29, 1.82) is 0 Å². The van der Waals surface area contributed by atoms with E-state index in [0.29, 0.717) is 6.42 Å². The number of hydrogen-bond acceptors (Lipinski definition) is 8. The summed E-state index contributed by atoms with van der Waals surface area (Å²) in [4.78, 5) is 13.1. The molecular weight excluding hydrogens is 959 g/mol. The summed E-state index contributed by atoms with van der Waals surface area (Å²) in [5, 5.41) is 54.6. The van der Waals surface area contributed by atoms with Gasteiger partial charge in [0.15, 0.2) is 6.29 Å². The standard InChI is InChI=1S/C68H125NO8/c1-3-5-7-9-11-13-15-17-19-21-23-25-27-28-29-30-31-32-33-34-36-38-40-42-44-46-48-50-52-54-56-58-64(72)69-61(60-76-68-67(75)66(74)65(73)63(59-70)77-68)62(71)57-55-53-51-49-47-45-43-41-39-37-35-26-24-22-20-18-16-14-12-10-8-6-4-2/h15,17,21,23,39,41,47,49,55,57,61-63,65-68,70-71,73-75H,3-14,16,18-20,22,24-38,40,42-46,48,50-54,56,58-60H2,1-2H3,(H,69,72)/b17-15-,23-21-,41-39+,49-47+,57-55+. The van der Waals surface area contributed by atoms with E-state index in [2.05, 4.69) is 67.8 Å². The summed E-state index contributed by atoms with van der Waals surface area (Å²) in [7, 11) is 0. The zero-order chi connectivity index (χ0) is 55.8. The quantitative estimate of drug-likeness (QED) is 0.0261. The van der Waals surface area contributed by atoms with Gasteiger partial charge >= 0.3 is 0 Å². The molecule has 7 unspecified atom stereocenters. The number of hydrogen-bond donors (Lipinski definition) is 6. The van der Waals surface area contributed by atoms with E-state index >= 15 is 0 Å². The van der Waals surface area contributed by atoms with Crippen LogP contribution in [0.5, 0.6) is 0 Å². The van der Waals surface area contributed by atoms with E-state index in [1.54, 1.807) is 6.08 Å². The first kappa shape index (κ1) is 72.9. The van der Waals surface area contributed by atoms with Gasteiger partial charge in [0.2, 0.25) is 5.91 Å². The maximum Gasteiger partial charge on any atom is 0.220 e. The van der Waals surface area contributed by atoms with Gasteiger partial charge in [0.25, 0.3) is 0 Å². The van der Waals surface area contributed by atoms with Gasteiger partial charge in [-0.3, -0.25) is 4.79 Å². The van der Waals surface area contributed by atoms with Crippen LogP contribution in [0.25, 0.3) is 0 Å². The van der Waals surface area contributed by atoms with Crippen LogP contribution in [-0.4, -0.2) is 87.5 Å². The molecule has 7 atom stereocenters. The summed E-state index contributed by atoms with van der Waals surface area (Å²) in [5.41, 5.74) is 0. The van der Waals surface area contributed by atoms with Crippen LogP contribution in [0.2, 0.25) is 0 Å². The predicted octanol–water partition coefficient (Wildman–Crippen LogP) is 17.4. The van der Waals surface area contributed by atoms with Crippen molar-refractivity contribution in [1.82, 2.24) is 5.32 Å². The van der Waals surface area contributed by atoms with E-state index < -0.39 is 49.5 Å². The van der Waals surface area contributed by atoms with Crippen molar-refractivity contribution < 1.29 is 39.8 Å². The number of nitrogens with one attached hydrogen (secondary N) is 1. The van der Waals surface area contributed by atoms with Gasteiger partial charge in [-0.05, 0) is 77.0 Å². The Morgan fingerprint density at radius 1 is 0.442 bits per heavy atom. The molecule has 0 bridgehead atoms. The zero-order valence-electron chi connectivity index (χ0n) is 50.2. The molecule has 450 valence electrons. The van der Waals surface area contributed by atoms with Gasteiger partial charge in [-0.2, -0.15) is 0 Å². The van der Waals surface area contributed by atoms with E-state index in [-0.39, 0.29) is 12.5 Å². The molecule has 0 aromatic rings. The Morgan fingerprint density at radius 3 is 1.17 bits per heavy atom. The Morgan fingerprint density at radius 2 is 0.779 bits per heavy atom. The average Bonchev–Trinajstić information content (AvgIpc) is 3.43. The third kappa shape index (κ3) is 46.2. The fourth-order valence-electron chi connectivity index (χ4n) is 10.3. The van der Waals surface area contributed by atoms with Crippen LogP contribution in [0.1, 0.15) is 309 Å². The first-order valence-electron chi connectivity index (χ1n) is 33.0. The lowest BCUT2D eigenvalue weighted by molar-refractivity contribution is -0.302. The van der Waals surface area contributed by atoms with Gasteiger partial charge in [-0.15, -0.1) is 0 Å². The first-order valence-corrected chi connectivity index (χ1v) is 33.0. The summed E-state index contributed by atoms with van der Waals surface area (Å²) in [5.74, 6) is -0.187. The van der Waals surface area contributed by atoms with Crippen molar-refractivity contribution in [2.75, 3.05) is 13.2 Å². The van der Waals surface area contributed by atoms with Gasteiger partial charge in [-0.25, -0.2) is 0 Å². The minimum Gasteiger partial charge on any atom is -0.394 e. The van der Waals surface area contributed by atoms with Gasteiger partial charge in [0.05, 0.1) is 25.4 Å². The topological polar surface area (TPSA) is 149 Å². The predicted molar refractivity (Wildman–Crippen MR) is 327 cm³/mol. The molecule has 0 radical (unpaired) electrons. The summed E-state index contributed by atoms with van der Waals surface area (Å²) < 4.78 is 11.3. The Kier molecular flexibility index (Phi) is 54.1. The number of allylic oxidation sites excluding steroid dienone is 9. The molecule has 1 aliphatic rings. The van der Waals surface area contributed by atoms with E-state index in [1.807, 2.05) is 6.08 Å². The highest BCUT2D eigenvalue weighted by Gasteiger charge is 2.44. The molecule has 0 spiro atoms. The Balaban J connectivity index is 2.17. The lowest BCUT2D eigenvalue weighted by Gasteiger charge is -2.40. The number of aliphatic hydroxyl groups excluding tert-OH is 5. The molecule has 77 heavy (non-hydrogen) atoms. The number of unbranched alkanes of at least 4 members (excludes halogenated alkanes) is 39. The third-order valence-corrected chi connectivity index (χ3v) is 15.5. The van der Waals surface area contributed by atoms with E-state index in [0.717, 1.165) is 51.4 Å². The molecule has 9 nitrogen and oxygen atoms in total. The number of carbonyl (C=O) groups is 1. The molecule has 1 fully saturated rings.